The van der Waals surface area contributed by atoms with E-state index in [0.717, 1.165) is 11.3 Å². The number of anilines is 1. The van der Waals surface area contributed by atoms with E-state index in [1.165, 1.54) is 21.3 Å². The van der Waals surface area contributed by atoms with Crippen LogP contribution in [0.3, 0.4) is 0 Å². The van der Waals surface area contributed by atoms with E-state index in [4.69, 9.17) is 0 Å². The molecular formula is C24H26N2O3S2. The Hall–Kier alpha value is -2.61. The van der Waals surface area contributed by atoms with Crippen molar-refractivity contribution >= 4 is 33.4 Å². The van der Waals surface area contributed by atoms with Crippen LogP contribution in [-0.2, 0) is 15.8 Å². The van der Waals surface area contributed by atoms with Gasteiger partial charge in [0.25, 0.3) is 5.91 Å². The zero-order valence-corrected chi connectivity index (χ0v) is 19.2. The highest BCUT2D eigenvalue weighted by atomic mass is 32.2. The summed E-state index contributed by atoms with van der Waals surface area (Å²) in [5.74, 6) is 0.593. The molecule has 0 unspecified atom stereocenters. The number of rotatable bonds is 9. The normalized spacial score (nSPS) is 11.5. The van der Waals surface area contributed by atoms with Gasteiger partial charge in [0, 0.05) is 35.0 Å². The van der Waals surface area contributed by atoms with Gasteiger partial charge in [0.2, 0.25) is 10.0 Å². The van der Waals surface area contributed by atoms with Gasteiger partial charge in [0.15, 0.2) is 0 Å². The number of hydrogen-bond acceptors (Lipinski definition) is 4. The predicted octanol–water partition coefficient (Wildman–Crippen LogP) is 5.26. The van der Waals surface area contributed by atoms with E-state index < -0.39 is 10.0 Å². The van der Waals surface area contributed by atoms with Gasteiger partial charge >= 0.3 is 0 Å². The SMILES string of the molecule is CCN(CC)S(=O)(=O)c1ccc(NC(=O)c2ccc(CSc3ccccc3)cc2)cc1. The van der Waals surface area contributed by atoms with Crippen LogP contribution in [0.1, 0.15) is 29.8 Å². The van der Waals surface area contributed by atoms with Gasteiger partial charge in [0.05, 0.1) is 4.90 Å². The molecule has 0 aliphatic carbocycles. The molecule has 7 heteroatoms. The van der Waals surface area contributed by atoms with E-state index in [2.05, 4.69) is 17.4 Å². The van der Waals surface area contributed by atoms with E-state index in [9.17, 15) is 13.2 Å². The molecule has 162 valence electrons. The maximum atomic E-state index is 12.6. The minimum Gasteiger partial charge on any atom is -0.322 e. The summed E-state index contributed by atoms with van der Waals surface area (Å²) in [4.78, 5) is 14.0. The van der Waals surface area contributed by atoms with Crippen molar-refractivity contribution in [2.75, 3.05) is 18.4 Å². The molecule has 31 heavy (non-hydrogen) atoms. The lowest BCUT2D eigenvalue weighted by molar-refractivity contribution is 0.102. The van der Waals surface area contributed by atoms with Crippen molar-refractivity contribution in [3.8, 4) is 0 Å². The second-order valence-corrected chi connectivity index (χ2v) is 9.85. The van der Waals surface area contributed by atoms with Crippen molar-refractivity contribution in [3.05, 3.63) is 90.0 Å². The Morgan fingerprint density at radius 3 is 2.06 bits per heavy atom. The van der Waals surface area contributed by atoms with Gasteiger partial charge in [-0.15, -0.1) is 11.8 Å². The molecule has 0 radical (unpaired) electrons. The van der Waals surface area contributed by atoms with Crippen LogP contribution in [-0.4, -0.2) is 31.7 Å². The van der Waals surface area contributed by atoms with Crippen LogP contribution < -0.4 is 5.32 Å². The second kappa shape index (κ2) is 10.6. The number of amides is 1. The summed E-state index contributed by atoms with van der Waals surface area (Å²) >= 11 is 1.75. The first-order valence-corrected chi connectivity index (χ1v) is 12.5. The molecule has 5 nitrogen and oxygen atoms in total. The number of hydrogen-bond donors (Lipinski definition) is 1. The molecule has 0 saturated carbocycles. The molecule has 0 heterocycles. The molecule has 0 atom stereocenters. The molecule has 3 rings (SSSR count). The lowest BCUT2D eigenvalue weighted by atomic mass is 10.1. The Bertz CT molecular complexity index is 1090. The Morgan fingerprint density at radius 1 is 0.871 bits per heavy atom. The first kappa shape index (κ1) is 23.1. The van der Waals surface area contributed by atoms with Crippen molar-refractivity contribution < 1.29 is 13.2 Å². The molecule has 0 saturated heterocycles. The van der Waals surface area contributed by atoms with Crippen LogP contribution in [0.4, 0.5) is 5.69 Å². The van der Waals surface area contributed by atoms with Crippen molar-refractivity contribution in [1.29, 1.82) is 0 Å². The highest BCUT2D eigenvalue weighted by molar-refractivity contribution is 7.98. The summed E-state index contributed by atoms with van der Waals surface area (Å²) in [6, 6.07) is 23.9. The Labute approximate surface area is 188 Å². The highest BCUT2D eigenvalue weighted by Crippen LogP contribution is 2.23. The van der Waals surface area contributed by atoms with Crippen molar-refractivity contribution in [2.45, 2.75) is 29.4 Å². The molecule has 0 fully saturated rings. The van der Waals surface area contributed by atoms with Crippen LogP contribution in [0.5, 0.6) is 0 Å². The summed E-state index contributed by atoms with van der Waals surface area (Å²) < 4.78 is 26.5. The number of nitrogens with one attached hydrogen (secondary N) is 1. The van der Waals surface area contributed by atoms with E-state index in [-0.39, 0.29) is 10.8 Å². The number of carbonyl (C=O) groups is 1. The van der Waals surface area contributed by atoms with Crippen molar-refractivity contribution in [1.82, 2.24) is 4.31 Å². The fourth-order valence-electron chi connectivity index (χ4n) is 3.06. The lowest BCUT2D eigenvalue weighted by Crippen LogP contribution is -2.30. The molecular weight excluding hydrogens is 428 g/mol. The Morgan fingerprint density at radius 2 is 1.48 bits per heavy atom. The molecule has 0 aliphatic rings. The van der Waals surface area contributed by atoms with Crippen molar-refractivity contribution in [3.63, 3.8) is 0 Å². The first-order chi connectivity index (χ1) is 14.9. The number of thioether (sulfide) groups is 1. The van der Waals surface area contributed by atoms with Crippen molar-refractivity contribution in [2.24, 2.45) is 0 Å². The second-order valence-electron chi connectivity index (χ2n) is 6.87. The summed E-state index contributed by atoms with van der Waals surface area (Å²) in [5, 5.41) is 2.82. The predicted molar refractivity (Wildman–Crippen MR) is 127 cm³/mol. The van der Waals surface area contributed by atoms with Gasteiger partial charge in [-0.25, -0.2) is 8.42 Å². The molecule has 1 N–H and O–H groups in total. The minimum atomic E-state index is -3.51. The maximum Gasteiger partial charge on any atom is 0.255 e. The van der Waals surface area contributed by atoms with Gasteiger partial charge in [-0.05, 0) is 54.1 Å². The highest BCUT2D eigenvalue weighted by Gasteiger charge is 2.21. The Kier molecular flexibility index (Phi) is 7.90. The van der Waals surface area contributed by atoms with E-state index >= 15 is 0 Å². The number of sulfonamides is 1. The molecule has 3 aromatic rings. The summed E-state index contributed by atoms with van der Waals surface area (Å²) in [7, 11) is -3.51. The molecule has 0 aromatic heterocycles. The van der Waals surface area contributed by atoms with Crippen LogP contribution in [0, 0.1) is 0 Å². The third-order valence-corrected chi connectivity index (χ3v) is 7.97. The summed E-state index contributed by atoms with van der Waals surface area (Å²) in [5.41, 5.74) is 2.23. The zero-order chi connectivity index (χ0) is 22.3. The number of carbonyl (C=O) groups excluding carboxylic acids is 1. The fourth-order valence-corrected chi connectivity index (χ4v) is 5.40. The third kappa shape index (κ3) is 5.97. The lowest BCUT2D eigenvalue weighted by Gasteiger charge is -2.18. The summed E-state index contributed by atoms with van der Waals surface area (Å²) in [6.45, 7) is 4.44. The molecule has 0 spiro atoms. The van der Waals surface area contributed by atoms with Gasteiger partial charge in [-0.3, -0.25) is 4.79 Å². The molecule has 1 amide bonds. The van der Waals surface area contributed by atoms with Crippen LogP contribution in [0.15, 0.2) is 88.7 Å². The largest absolute Gasteiger partial charge is 0.322 e. The average Bonchev–Trinajstić information content (AvgIpc) is 2.79. The molecule has 3 aromatic carbocycles. The average molecular weight is 455 g/mol. The molecule has 0 bridgehead atoms. The maximum absolute atomic E-state index is 12.6. The smallest absolute Gasteiger partial charge is 0.255 e. The zero-order valence-electron chi connectivity index (χ0n) is 17.6. The van der Waals surface area contributed by atoms with E-state index in [0.29, 0.717) is 24.3 Å². The van der Waals surface area contributed by atoms with Gasteiger partial charge in [0.1, 0.15) is 0 Å². The summed E-state index contributed by atoms with van der Waals surface area (Å²) in [6.07, 6.45) is 0. The number of nitrogens with zero attached hydrogens (tertiary/aromatic N) is 1. The number of benzene rings is 3. The third-order valence-electron chi connectivity index (χ3n) is 4.82. The minimum absolute atomic E-state index is 0.217. The van der Waals surface area contributed by atoms with Crippen LogP contribution in [0.25, 0.3) is 0 Å². The fraction of sp³-hybridized carbons (Fsp3) is 0.208. The van der Waals surface area contributed by atoms with E-state index in [1.807, 2.05) is 30.3 Å². The molecule has 0 aliphatic heterocycles. The Balaban J connectivity index is 1.61. The van der Waals surface area contributed by atoms with E-state index in [1.54, 1.807) is 49.9 Å². The first-order valence-electron chi connectivity index (χ1n) is 10.1. The standard InChI is InChI=1S/C24H26N2O3S2/c1-3-26(4-2)31(28,29)23-16-14-21(15-17-23)25-24(27)20-12-10-19(11-13-20)18-30-22-8-6-5-7-9-22/h5-17H,3-4,18H2,1-2H3,(H,25,27). The quantitative estimate of drug-likeness (QED) is 0.448. The van der Waals surface area contributed by atoms with Gasteiger partial charge in [-0.2, -0.15) is 4.31 Å². The van der Waals surface area contributed by atoms with Crippen LogP contribution >= 0.6 is 11.8 Å². The van der Waals surface area contributed by atoms with Gasteiger partial charge < -0.3 is 5.32 Å². The topological polar surface area (TPSA) is 66.5 Å². The van der Waals surface area contributed by atoms with Crippen LogP contribution in [0.2, 0.25) is 0 Å². The van der Waals surface area contributed by atoms with Gasteiger partial charge in [-0.1, -0.05) is 44.2 Å². The monoisotopic (exact) mass is 454 g/mol.